The number of carbonyl (C=O) groups is 1. The number of aromatic amines is 2. The van der Waals surface area contributed by atoms with E-state index >= 15 is 0 Å². The van der Waals surface area contributed by atoms with Crippen LogP contribution in [0, 0.1) is 0 Å². The molecule has 3 aromatic rings. The number of amides is 1. The highest BCUT2D eigenvalue weighted by atomic mass is 32.2. The Kier molecular flexibility index (Phi) is 5.13. The number of nitrogens with one attached hydrogen (secondary N) is 4. The average molecular weight is 428 g/mol. The first-order valence-electron chi connectivity index (χ1n) is 8.10. The van der Waals surface area contributed by atoms with Gasteiger partial charge in [-0.1, -0.05) is 6.07 Å². The first-order valence-corrected chi connectivity index (χ1v) is 10.00. The number of hydrogen-bond donors (Lipinski definition) is 4. The van der Waals surface area contributed by atoms with Crippen LogP contribution < -0.4 is 15.7 Å². The molecule has 0 spiro atoms. The van der Waals surface area contributed by atoms with E-state index in [1.807, 2.05) is 0 Å². The van der Waals surface area contributed by atoms with Crippen LogP contribution in [0.15, 0.2) is 41.2 Å². The fourth-order valence-electron chi connectivity index (χ4n) is 2.68. The van der Waals surface area contributed by atoms with Crippen LogP contribution in [0.4, 0.5) is 24.5 Å². The number of hydrogen-bond acceptors (Lipinski definition) is 4. The van der Waals surface area contributed by atoms with Gasteiger partial charge in [-0.15, -0.1) is 0 Å². The summed E-state index contributed by atoms with van der Waals surface area (Å²) in [7, 11) is -3.78. The van der Waals surface area contributed by atoms with Crippen LogP contribution in [0.1, 0.15) is 11.1 Å². The summed E-state index contributed by atoms with van der Waals surface area (Å²) in [5, 5.41) is 2.30. The molecule has 29 heavy (non-hydrogen) atoms. The predicted octanol–water partition coefficient (Wildman–Crippen LogP) is 2.43. The molecule has 0 fully saturated rings. The number of anilines is 2. The monoisotopic (exact) mass is 428 g/mol. The van der Waals surface area contributed by atoms with Crippen LogP contribution in [0.3, 0.4) is 0 Å². The highest BCUT2D eigenvalue weighted by molar-refractivity contribution is 7.92. The van der Waals surface area contributed by atoms with Crippen molar-refractivity contribution < 1.29 is 26.4 Å². The fraction of sp³-hybridized carbons (Fsp3) is 0.176. The van der Waals surface area contributed by atoms with Gasteiger partial charge in [0.05, 0.1) is 40.6 Å². The first-order chi connectivity index (χ1) is 13.4. The molecule has 4 N–H and O–H groups in total. The van der Waals surface area contributed by atoms with Crippen LogP contribution >= 0.6 is 0 Å². The van der Waals surface area contributed by atoms with Crippen molar-refractivity contribution in [1.82, 2.24) is 9.97 Å². The Labute approximate surface area is 162 Å². The number of sulfonamides is 1. The van der Waals surface area contributed by atoms with Crippen LogP contribution in [0.2, 0.25) is 0 Å². The van der Waals surface area contributed by atoms with Crippen molar-refractivity contribution in [3.63, 3.8) is 0 Å². The van der Waals surface area contributed by atoms with E-state index in [0.29, 0.717) is 28.7 Å². The summed E-state index contributed by atoms with van der Waals surface area (Å²) >= 11 is 0. The lowest BCUT2D eigenvalue weighted by molar-refractivity contribution is -0.137. The number of H-pyrrole nitrogens is 2. The number of halogens is 3. The van der Waals surface area contributed by atoms with Gasteiger partial charge in [0.15, 0.2) is 0 Å². The minimum Gasteiger partial charge on any atom is -0.324 e. The normalized spacial score (nSPS) is 12.1. The Balaban J connectivity index is 1.87. The SMILES string of the molecule is CS(=O)(=O)Nc1ccc(C(F)(F)F)cc1NC(=O)Cc1ccc2[nH]c(=O)[nH]c2c1. The van der Waals surface area contributed by atoms with Gasteiger partial charge < -0.3 is 15.3 Å². The average Bonchev–Trinajstić information content (AvgIpc) is 2.93. The summed E-state index contributed by atoms with van der Waals surface area (Å²) in [4.78, 5) is 28.7. The molecule has 0 unspecified atom stereocenters. The standard InChI is InChI=1S/C17H15F3N4O4S/c1-29(27,28)24-12-5-3-10(17(18,19)20)8-14(12)21-15(25)7-9-2-4-11-13(6-9)23-16(26)22-11/h2-6,8,24H,7H2,1H3,(H,21,25)(H2,22,23,26). The topological polar surface area (TPSA) is 124 Å². The maximum atomic E-state index is 13.0. The van der Waals surface area contributed by atoms with Crippen LogP contribution in [-0.4, -0.2) is 30.5 Å². The van der Waals surface area contributed by atoms with Gasteiger partial charge in [0, 0.05) is 0 Å². The van der Waals surface area contributed by atoms with E-state index in [0.717, 1.165) is 12.3 Å². The molecule has 8 nitrogen and oxygen atoms in total. The third-order valence-electron chi connectivity index (χ3n) is 3.86. The van der Waals surface area contributed by atoms with Gasteiger partial charge in [-0.3, -0.25) is 9.52 Å². The van der Waals surface area contributed by atoms with Gasteiger partial charge in [-0.25, -0.2) is 13.2 Å². The molecule has 0 saturated carbocycles. The van der Waals surface area contributed by atoms with Crippen LogP contribution in [-0.2, 0) is 27.4 Å². The third-order valence-corrected chi connectivity index (χ3v) is 4.45. The maximum absolute atomic E-state index is 13.0. The number of aromatic nitrogens is 2. The van der Waals surface area contributed by atoms with Crippen LogP contribution in [0.25, 0.3) is 11.0 Å². The van der Waals surface area contributed by atoms with Gasteiger partial charge in [0.2, 0.25) is 15.9 Å². The van der Waals surface area contributed by atoms with Crippen molar-refractivity contribution in [3.05, 3.63) is 58.0 Å². The van der Waals surface area contributed by atoms with Gasteiger partial charge >= 0.3 is 11.9 Å². The lowest BCUT2D eigenvalue weighted by atomic mass is 10.1. The molecule has 0 bridgehead atoms. The largest absolute Gasteiger partial charge is 0.416 e. The minimum atomic E-state index is -4.67. The zero-order valence-electron chi connectivity index (χ0n) is 14.8. The molecule has 0 saturated heterocycles. The van der Waals surface area contributed by atoms with Crippen molar-refractivity contribution in [2.45, 2.75) is 12.6 Å². The second-order valence-corrected chi connectivity index (χ2v) is 8.06. The zero-order valence-corrected chi connectivity index (χ0v) is 15.7. The van der Waals surface area contributed by atoms with Crippen molar-refractivity contribution in [2.75, 3.05) is 16.3 Å². The van der Waals surface area contributed by atoms with Gasteiger partial charge in [0.1, 0.15) is 0 Å². The van der Waals surface area contributed by atoms with Crippen molar-refractivity contribution >= 4 is 38.3 Å². The molecule has 0 radical (unpaired) electrons. The molecular weight excluding hydrogens is 413 g/mol. The van der Waals surface area contributed by atoms with E-state index in [2.05, 4.69) is 20.0 Å². The molecule has 12 heteroatoms. The number of alkyl halides is 3. The Bertz CT molecular complexity index is 1250. The summed E-state index contributed by atoms with van der Waals surface area (Å²) in [5.41, 5.74) is -0.476. The minimum absolute atomic E-state index is 0.195. The lowest BCUT2D eigenvalue weighted by Gasteiger charge is -2.15. The molecule has 0 aliphatic rings. The Morgan fingerprint density at radius 2 is 1.72 bits per heavy atom. The second kappa shape index (κ2) is 7.28. The Morgan fingerprint density at radius 3 is 2.38 bits per heavy atom. The van der Waals surface area contributed by atoms with E-state index in [4.69, 9.17) is 0 Å². The van der Waals surface area contributed by atoms with E-state index in [-0.39, 0.29) is 17.8 Å². The Hall–Kier alpha value is -3.28. The van der Waals surface area contributed by atoms with Gasteiger partial charge in [-0.05, 0) is 35.9 Å². The van der Waals surface area contributed by atoms with E-state index in [9.17, 15) is 31.2 Å². The molecule has 0 aliphatic heterocycles. The summed E-state index contributed by atoms with van der Waals surface area (Å²) in [6.45, 7) is 0. The number of rotatable bonds is 5. The van der Waals surface area contributed by atoms with E-state index < -0.39 is 33.4 Å². The summed E-state index contributed by atoms with van der Waals surface area (Å²) in [6, 6.07) is 6.99. The zero-order chi connectivity index (χ0) is 21.4. The quantitative estimate of drug-likeness (QED) is 0.498. The lowest BCUT2D eigenvalue weighted by Crippen LogP contribution is -2.18. The molecule has 1 aromatic heterocycles. The summed E-state index contributed by atoms with van der Waals surface area (Å²) in [6.07, 6.45) is -4.05. The molecular formula is C17H15F3N4O4S. The summed E-state index contributed by atoms with van der Waals surface area (Å²) < 4.78 is 64.0. The van der Waals surface area contributed by atoms with Crippen molar-refractivity contribution in [3.8, 4) is 0 Å². The number of imidazole rings is 1. The molecule has 0 atom stereocenters. The van der Waals surface area contributed by atoms with Crippen molar-refractivity contribution in [1.29, 1.82) is 0 Å². The highest BCUT2D eigenvalue weighted by Crippen LogP contribution is 2.34. The Morgan fingerprint density at radius 1 is 1.03 bits per heavy atom. The number of carbonyl (C=O) groups excluding carboxylic acids is 1. The number of fused-ring (bicyclic) bond motifs is 1. The second-order valence-electron chi connectivity index (χ2n) is 6.32. The predicted molar refractivity (Wildman–Crippen MR) is 101 cm³/mol. The van der Waals surface area contributed by atoms with Crippen LogP contribution in [0.5, 0.6) is 0 Å². The van der Waals surface area contributed by atoms with Gasteiger partial charge in [-0.2, -0.15) is 13.2 Å². The van der Waals surface area contributed by atoms with E-state index in [1.165, 1.54) is 0 Å². The molecule has 1 heterocycles. The molecule has 1 amide bonds. The molecule has 154 valence electrons. The maximum Gasteiger partial charge on any atom is 0.416 e. The van der Waals surface area contributed by atoms with Gasteiger partial charge in [0.25, 0.3) is 0 Å². The fourth-order valence-corrected chi connectivity index (χ4v) is 3.26. The van der Waals surface area contributed by atoms with Crippen molar-refractivity contribution in [2.24, 2.45) is 0 Å². The smallest absolute Gasteiger partial charge is 0.324 e. The highest BCUT2D eigenvalue weighted by Gasteiger charge is 2.31. The molecule has 2 aromatic carbocycles. The first kappa shape index (κ1) is 20.5. The third kappa shape index (κ3) is 5.16. The molecule has 3 rings (SSSR count). The number of benzene rings is 2. The van der Waals surface area contributed by atoms with E-state index in [1.54, 1.807) is 18.2 Å². The molecule has 0 aliphatic carbocycles. The summed E-state index contributed by atoms with van der Waals surface area (Å²) in [5.74, 6) is -0.668.